The summed E-state index contributed by atoms with van der Waals surface area (Å²) in [6.07, 6.45) is 0. The van der Waals surface area contributed by atoms with Crippen molar-refractivity contribution >= 4 is 81.5 Å². The molecular formula is C17H15Cl5N2OS. The third kappa shape index (κ3) is 6.01. The van der Waals surface area contributed by atoms with E-state index in [0.29, 0.717) is 10.7 Å². The number of nitrogens with one attached hydrogen (secondary N) is 1. The molecule has 0 spiro atoms. The largest absolute Gasteiger partial charge is 0.322 e. The fourth-order valence-electron chi connectivity index (χ4n) is 2.01. The highest BCUT2D eigenvalue weighted by Gasteiger charge is 2.36. The molecule has 3 nitrogen and oxygen atoms in total. The van der Waals surface area contributed by atoms with Crippen molar-refractivity contribution in [1.82, 2.24) is 4.90 Å². The van der Waals surface area contributed by atoms with Crippen molar-refractivity contribution in [2.45, 2.75) is 26.0 Å². The van der Waals surface area contributed by atoms with Gasteiger partial charge in [0.1, 0.15) is 0 Å². The van der Waals surface area contributed by atoms with Crippen molar-refractivity contribution in [1.29, 1.82) is 0 Å². The lowest BCUT2D eigenvalue weighted by atomic mass is 10.2. The second-order valence-electron chi connectivity index (χ2n) is 5.45. The minimum atomic E-state index is -1.79. The van der Waals surface area contributed by atoms with Crippen LogP contribution in [0.5, 0.6) is 0 Å². The summed E-state index contributed by atoms with van der Waals surface area (Å²) in [5.41, 5.74) is 0.524. The van der Waals surface area contributed by atoms with Gasteiger partial charge in [-0.3, -0.25) is 0 Å². The van der Waals surface area contributed by atoms with E-state index in [9.17, 15) is 4.79 Å². The van der Waals surface area contributed by atoms with Crippen molar-refractivity contribution in [3.8, 4) is 0 Å². The number of aryl methyl sites for hydroxylation is 1. The smallest absolute Gasteiger partial charge is 0.308 e. The van der Waals surface area contributed by atoms with Gasteiger partial charge in [-0.15, -0.1) is 0 Å². The van der Waals surface area contributed by atoms with Gasteiger partial charge in [0.2, 0.25) is 3.79 Å². The first-order valence-electron chi connectivity index (χ1n) is 7.36. The molecule has 2 aromatic carbocycles. The zero-order valence-corrected chi connectivity index (χ0v) is 18.4. The lowest BCUT2D eigenvalue weighted by Crippen LogP contribution is -2.43. The van der Waals surface area contributed by atoms with Crippen LogP contribution in [0.1, 0.15) is 5.56 Å². The molecule has 0 fully saturated rings. The van der Waals surface area contributed by atoms with E-state index in [1.165, 1.54) is 7.05 Å². The van der Waals surface area contributed by atoms with Crippen LogP contribution in [0.15, 0.2) is 52.3 Å². The summed E-state index contributed by atoms with van der Waals surface area (Å²) in [4.78, 5) is 15.5. The number of urea groups is 1. The van der Waals surface area contributed by atoms with Gasteiger partial charge in [0, 0.05) is 27.5 Å². The molecule has 2 aromatic rings. The first-order valence-corrected chi connectivity index (χ1v) is 10.1. The van der Waals surface area contributed by atoms with Gasteiger partial charge in [-0.1, -0.05) is 69.8 Å². The summed E-state index contributed by atoms with van der Waals surface area (Å²) in [5, 5.41) is 3.43. The number of carbonyl (C=O) groups is 1. The quantitative estimate of drug-likeness (QED) is 0.377. The topological polar surface area (TPSA) is 32.3 Å². The van der Waals surface area contributed by atoms with E-state index in [4.69, 9.17) is 58.0 Å². The number of nitrogens with zero attached hydrogens (tertiary/aromatic N) is 1. The number of anilines is 1. The molecular weight excluding hydrogens is 458 g/mol. The molecule has 2 rings (SSSR count). The molecule has 0 radical (unpaired) electrons. The van der Waals surface area contributed by atoms with Crippen molar-refractivity contribution in [2.75, 3.05) is 12.4 Å². The first kappa shape index (κ1) is 21.8. The Morgan fingerprint density at radius 1 is 1.15 bits per heavy atom. The van der Waals surface area contributed by atoms with Gasteiger partial charge < -0.3 is 10.2 Å². The third-order valence-electron chi connectivity index (χ3n) is 3.40. The van der Waals surface area contributed by atoms with E-state index in [0.717, 1.165) is 20.3 Å². The second-order valence-corrected chi connectivity index (χ2v) is 9.79. The summed E-state index contributed by atoms with van der Waals surface area (Å²) in [5.74, 6) is 0. The van der Waals surface area contributed by atoms with Crippen LogP contribution in [0.25, 0.3) is 0 Å². The van der Waals surface area contributed by atoms with Crippen molar-refractivity contribution in [3.05, 3.63) is 53.1 Å². The summed E-state index contributed by atoms with van der Waals surface area (Å²) < 4.78 is -1.79. The number of alkyl halides is 4. The highest BCUT2D eigenvalue weighted by Crippen LogP contribution is 2.36. The molecule has 2 amide bonds. The number of hydrogen-bond acceptors (Lipinski definition) is 2. The molecule has 0 saturated carbocycles. The lowest BCUT2D eigenvalue weighted by Gasteiger charge is -2.28. The van der Waals surface area contributed by atoms with E-state index in [-0.39, 0.29) is 0 Å². The van der Waals surface area contributed by atoms with Gasteiger partial charge in [-0.25, -0.2) is 4.79 Å². The Bertz CT molecular complexity index is 780. The van der Waals surface area contributed by atoms with Crippen LogP contribution in [-0.4, -0.2) is 27.3 Å². The Kier molecular flexibility index (Phi) is 7.66. The molecule has 1 N–H and O–H groups in total. The van der Waals surface area contributed by atoms with E-state index in [1.807, 2.05) is 43.3 Å². The van der Waals surface area contributed by atoms with Crippen LogP contribution >= 0.6 is 69.8 Å². The molecule has 0 heterocycles. The summed E-state index contributed by atoms with van der Waals surface area (Å²) in [7, 11) is 1.45. The van der Waals surface area contributed by atoms with E-state index >= 15 is 0 Å². The zero-order chi connectivity index (χ0) is 19.5. The molecule has 0 saturated heterocycles. The van der Waals surface area contributed by atoms with Crippen LogP contribution in [0.2, 0.25) is 5.02 Å². The predicted molar refractivity (Wildman–Crippen MR) is 113 cm³/mol. The van der Waals surface area contributed by atoms with E-state index in [2.05, 4.69) is 5.32 Å². The molecule has 0 aromatic heterocycles. The second kappa shape index (κ2) is 9.13. The van der Waals surface area contributed by atoms with Crippen LogP contribution in [0.4, 0.5) is 10.5 Å². The van der Waals surface area contributed by atoms with E-state index < -0.39 is 15.3 Å². The number of halogens is 5. The van der Waals surface area contributed by atoms with Crippen LogP contribution in [0, 0.1) is 6.92 Å². The maximum Gasteiger partial charge on any atom is 0.322 e. The molecule has 0 aliphatic heterocycles. The van der Waals surface area contributed by atoms with E-state index in [1.54, 1.807) is 17.8 Å². The number of benzene rings is 2. The molecule has 9 heteroatoms. The Hall–Kier alpha value is -0.490. The summed E-state index contributed by atoms with van der Waals surface area (Å²) >= 11 is 30.7. The van der Waals surface area contributed by atoms with Gasteiger partial charge in [-0.05, 0) is 55.0 Å². The number of amides is 2. The molecule has 0 aliphatic carbocycles. The fourth-order valence-corrected chi connectivity index (χ4v) is 3.54. The van der Waals surface area contributed by atoms with Gasteiger partial charge in [0.15, 0.2) is 5.50 Å². The Labute approximate surface area is 181 Å². The van der Waals surface area contributed by atoms with Crippen LogP contribution in [-0.2, 0) is 0 Å². The normalized spacial score (nSPS) is 12.6. The number of rotatable bonds is 4. The predicted octanol–water partition coefficient (Wildman–Crippen LogP) is 7.20. The van der Waals surface area contributed by atoms with Crippen LogP contribution in [0.3, 0.4) is 0 Å². The third-order valence-corrected chi connectivity index (χ3v) is 6.41. The summed E-state index contributed by atoms with van der Waals surface area (Å²) in [6.45, 7) is 1.96. The number of hydrogen-bond donors (Lipinski definition) is 1. The average Bonchev–Trinajstić information content (AvgIpc) is 2.57. The molecule has 1 atom stereocenters. The lowest BCUT2D eigenvalue weighted by molar-refractivity contribution is 0.218. The van der Waals surface area contributed by atoms with Crippen molar-refractivity contribution < 1.29 is 4.79 Å². The Morgan fingerprint density at radius 3 is 2.31 bits per heavy atom. The van der Waals surface area contributed by atoms with Crippen molar-refractivity contribution in [3.63, 3.8) is 0 Å². The molecule has 26 heavy (non-hydrogen) atoms. The van der Waals surface area contributed by atoms with Gasteiger partial charge in [-0.2, -0.15) is 0 Å². The first-order chi connectivity index (χ1) is 12.1. The maximum absolute atomic E-state index is 12.3. The standard InChI is InChI=1S/C17H15Cl5N2OS/c1-10-9-12(23-16(25)24(2)15(19)17(20,21)22)5-8-14(10)26-13-6-3-11(18)4-7-13/h3-9,15H,1-2H3,(H,23,25). The summed E-state index contributed by atoms with van der Waals surface area (Å²) in [6, 6.07) is 12.7. The van der Waals surface area contributed by atoms with Gasteiger partial charge >= 0.3 is 6.03 Å². The molecule has 1 unspecified atom stereocenters. The average molecular weight is 473 g/mol. The molecule has 0 aliphatic rings. The van der Waals surface area contributed by atoms with Crippen molar-refractivity contribution in [2.24, 2.45) is 0 Å². The fraction of sp³-hybridized carbons (Fsp3) is 0.235. The minimum Gasteiger partial charge on any atom is -0.308 e. The molecule has 140 valence electrons. The maximum atomic E-state index is 12.3. The Balaban J connectivity index is 2.07. The highest BCUT2D eigenvalue weighted by molar-refractivity contribution is 7.99. The SMILES string of the molecule is Cc1cc(NC(=O)N(C)C(Cl)C(Cl)(Cl)Cl)ccc1Sc1ccc(Cl)cc1. The monoisotopic (exact) mass is 470 g/mol. The van der Waals surface area contributed by atoms with Crippen LogP contribution < -0.4 is 5.32 Å². The zero-order valence-electron chi connectivity index (χ0n) is 13.8. The molecule has 0 bridgehead atoms. The van der Waals surface area contributed by atoms with Gasteiger partial charge in [0.05, 0.1) is 0 Å². The Morgan fingerprint density at radius 2 is 1.77 bits per heavy atom. The minimum absolute atomic E-state index is 0.478. The van der Waals surface area contributed by atoms with Gasteiger partial charge in [0.25, 0.3) is 0 Å². The highest BCUT2D eigenvalue weighted by atomic mass is 35.6. The number of carbonyl (C=O) groups excluding carboxylic acids is 1.